The summed E-state index contributed by atoms with van der Waals surface area (Å²) in [4.78, 5) is 10.8. The number of hydrogen-bond acceptors (Lipinski definition) is 3. The van der Waals surface area contributed by atoms with E-state index in [4.69, 9.17) is 15.1 Å². The van der Waals surface area contributed by atoms with Crippen molar-refractivity contribution < 1.29 is 19.0 Å². The third-order valence-corrected chi connectivity index (χ3v) is 2.96. The maximum Gasteiger partial charge on any atom is 0.307 e. The molecule has 88 valence electrons. The average molecular weight is 235 g/mol. The lowest BCUT2D eigenvalue weighted by atomic mass is 10.0. The lowest BCUT2D eigenvalue weighted by Crippen LogP contribution is -2.03. The molecular weight excluding hydrogens is 225 g/mol. The predicted octanol–water partition coefficient (Wildman–Crippen LogP) is 1.89. The van der Waals surface area contributed by atoms with E-state index in [0.717, 1.165) is 0 Å². The van der Waals surface area contributed by atoms with Crippen molar-refractivity contribution in [1.29, 1.82) is 5.26 Å². The van der Waals surface area contributed by atoms with Crippen LogP contribution >= 0.6 is 0 Å². The number of ether oxygens (including phenoxy) is 1. The molecular formula is C12H10FNO3. The molecule has 1 aliphatic rings. The average Bonchev–Trinajstić information content (AvgIpc) is 3.08. The number of carboxylic acids is 1. The minimum atomic E-state index is -0.957. The highest BCUT2D eigenvalue weighted by atomic mass is 19.1. The second-order valence-corrected chi connectivity index (χ2v) is 3.94. The van der Waals surface area contributed by atoms with Crippen molar-refractivity contribution in [2.45, 2.75) is 12.3 Å². The first-order valence-electron chi connectivity index (χ1n) is 5.09. The fourth-order valence-electron chi connectivity index (χ4n) is 1.98. The van der Waals surface area contributed by atoms with E-state index in [1.54, 1.807) is 0 Å². The molecule has 4 nitrogen and oxygen atoms in total. The molecule has 1 N–H and O–H groups in total. The molecule has 0 bridgehead atoms. The zero-order valence-corrected chi connectivity index (χ0v) is 9.11. The fourth-order valence-corrected chi connectivity index (χ4v) is 1.98. The standard InChI is InChI=1S/C12H10FNO3/c1-17-9-3-2-6(5-14)10(11(9)13)7-4-8(7)12(15)16/h2-3,7-8H,4H2,1H3,(H,15,16). The zero-order chi connectivity index (χ0) is 12.6. The maximum absolute atomic E-state index is 14.0. The van der Waals surface area contributed by atoms with Gasteiger partial charge < -0.3 is 9.84 Å². The van der Waals surface area contributed by atoms with Crippen LogP contribution in [0.2, 0.25) is 0 Å². The highest BCUT2D eigenvalue weighted by Gasteiger charge is 2.47. The van der Waals surface area contributed by atoms with E-state index < -0.39 is 23.6 Å². The number of aliphatic carboxylic acids is 1. The topological polar surface area (TPSA) is 70.3 Å². The first-order valence-corrected chi connectivity index (χ1v) is 5.09. The number of rotatable bonds is 3. The predicted molar refractivity (Wildman–Crippen MR) is 56.2 cm³/mol. The summed E-state index contributed by atoms with van der Waals surface area (Å²) >= 11 is 0. The molecule has 1 aromatic rings. The SMILES string of the molecule is COc1ccc(C#N)c(C2CC2C(=O)O)c1F. The Morgan fingerprint density at radius 2 is 2.35 bits per heavy atom. The molecule has 0 amide bonds. The van der Waals surface area contributed by atoms with E-state index in [1.165, 1.54) is 19.2 Å². The van der Waals surface area contributed by atoms with Gasteiger partial charge in [-0.25, -0.2) is 4.39 Å². The minimum absolute atomic E-state index is 0.0371. The Morgan fingerprint density at radius 1 is 1.65 bits per heavy atom. The monoisotopic (exact) mass is 235 g/mol. The number of nitrogens with zero attached hydrogens (tertiary/aromatic N) is 1. The van der Waals surface area contributed by atoms with Crippen molar-refractivity contribution in [3.63, 3.8) is 0 Å². The van der Waals surface area contributed by atoms with E-state index in [2.05, 4.69) is 0 Å². The van der Waals surface area contributed by atoms with Crippen LogP contribution in [0.15, 0.2) is 12.1 Å². The van der Waals surface area contributed by atoms with Gasteiger partial charge in [-0.1, -0.05) is 0 Å². The molecule has 0 spiro atoms. The normalized spacial score (nSPS) is 21.7. The van der Waals surface area contributed by atoms with Gasteiger partial charge in [0.1, 0.15) is 0 Å². The van der Waals surface area contributed by atoms with Crippen molar-refractivity contribution >= 4 is 5.97 Å². The van der Waals surface area contributed by atoms with Gasteiger partial charge in [0.15, 0.2) is 11.6 Å². The quantitative estimate of drug-likeness (QED) is 0.868. The summed E-state index contributed by atoms with van der Waals surface area (Å²) in [5.41, 5.74) is 0.344. The third kappa shape index (κ3) is 1.82. The van der Waals surface area contributed by atoms with E-state index in [1.807, 2.05) is 6.07 Å². The first-order chi connectivity index (χ1) is 8.10. The van der Waals surface area contributed by atoms with Crippen molar-refractivity contribution in [1.82, 2.24) is 0 Å². The number of hydrogen-bond donors (Lipinski definition) is 1. The van der Waals surface area contributed by atoms with Crippen LogP contribution in [0.4, 0.5) is 4.39 Å². The van der Waals surface area contributed by atoms with Crippen molar-refractivity contribution in [3.05, 3.63) is 29.1 Å². The van der Waals surface area contributed by atoms with E-state index >= 15 is 0 Å². The van der Waals surface area contributed by atoms with Gasteiger partial charge in [-0.15, -0.1) is 0 Å². The summed E-state index contributed by atoms with van der Waals surface area (Å²) in [7, 11) is 1.33. The lowest BCUT2D eigenvalue weighted by molar-refractivity contribution is -0.138. The van der Waals surface area contributed by atoms with Gasteiger partial charge in [-0.3, -0.25) is 4.79 Å². The van der Waals surface area contributed by atoms with Gasteiger partial charge >= 0.3 is 5.97 Å². The molecule has 2 unspecified atom stereocenters. The largest absolute Gasteiger partial charge is 0.494 e. The fraction of sp³-hybridized carbons (Fsp3) is 0.333. The summed E-state index contributed by atoms with van der Waals surface area (Å²) in [5, 5.41) is 17.7. The Kier molecular flexibility index (Phi) is 2.72. The van der Waals surface area contributed by atoms with Crippen LogP contribution in [-0.4, -0.2) is 18.2 Å². The molecule has 1 aromatic carbocycles. The van der Waals surface area contributed by atoms with Crippen LogP contribution < -0.4 is 4.74 Å². The second kappa shape index (κ2) is 4.06. The molecule has 0 aliphatic heterocycles. The summed E-state index contributed by atoms with van der Waals surface area (Å²) in [6.07, 6.45) is 0.369. The van der Waals surface area contributed by atoms with E-state index in [9.17, 15) is 9.18 Å². The number of benzene rings is 1. The smallest absolute Gasteiger partial charge is 0.307 e. The van der Waals surface area contributed by atoms with Gasteiger partial charge in [-0.2, -0.15) is 5.26 Å². The molecule has 2 rings (SSSR count). The molecule has 0 heterocycles. The molecule has 1 fully saturated rings. The molecule has 1 aliphatic carbocycles. The number of carboxylic acid groups (broad SMARTS) is 1. The van der Waals surface area contributed by atoms with Crippen molar-refractivity contribution in [2.24, 2.45) is 5.92 Å². The van der Waals surface area contributed by atoms with Gasteiger partial charge in [0.2, 0.25) is 0 Å². The summed E-state index contributed by atoms with van der Waals surface area (Å²) in [5.74, 6) is -2.56. The zero-order valence-electron chi connectivity index (χ0n) is 9.11. The Balaban J connectivity index is 2.46. The van der Waals surface area contributed by atoms with Gasteiger partial charge in [0, 0.05) is 11.5 Å². The highest BCUT2D eigenvalue weighted by molar-refractivity contribution is 5.75. The maximum atomic E-state index is 14.0. The highest BCUT2D eigenvalue weighted by Crippen LogP contribution is 2.50. The van der Waals surface area contributed by atoms with Crippen molar-refractivity contribution in [2.75, 3.05) is 7.11 Å². The Labute approximate surface area is 97.2 Å². The second-order valence-electron chi connectivity index (χ2n) is 3.94. The summed E-state index contributed by atoms with van der Waals surface area (Å²) in [6.45, 7) is 0. The Bertz CT molecular complexity index is 521. The molecule has 2 atom stereocenters. The Hall–Kier alpha value is -2.09. The van der Waals surface area contributed by atoms with Crippen LogP contribution in [0.3, 0.4) is 0 Å². The number of nitriles is 1. The summed E-state index contributed by atoms with van der Waals surface area (Å²) < 4.78 is 18.8. The lowest BCUT2D eigenvalue weighted by Gasteiger charge is -2.08. The van der Waals surface area contributed by atoms with E-state index in [0.29, 0.717) is 6.42 Å². The van der Waals surface area contributed by atoms with Crippen LogP contribution in [0.5, 0.6) is 5.75 Å². The molecule has 5 heteroatoms. The van der Waals surface area contributed by atoms with Gasteiger partial charge in [-0.05, 0) is 18.6 Å². The first kappa shape index (κ1) is 11.4. The van der Waals surface area contributed by atoms with Crippen LogP contribution in [0.25, 0.3) is 0 Å². The molecule has 1 saturated carbocycles. The van der Waals surface area contributed by atoms with Gasteiger partial charge in [0.25, 0.3) is 0 Å². The molecule has 0 radical (unpaired) electrons. The van der Waals surface area contributed by atoms with Crippen LogP contribution in [0, 0.1) is 23.1 Å². The van der Waals surface area contributed by atoms with E-state index in [-0.39, 0.29) is 16.9 Å². The van der Waals surface area contributed by atoms with Gasteiger partial charge in [0.05, 0.1) is 24.7 Å². The summed E-state index contributed by atoms with van der Waals surface area (Å²) in [6, 6.07) is 4.70. The number of halogens is 1. The number of carbonyl (C=O) groups is 1. The molecule has 0 aromatic heterocycles. The van der Waals surface area contributed by atoms with Crippen LogP contribution in [0.1, 0.15) is 23.5 Å². The third-order valence-electron chi connectivity index (χ3n) is 2.96. The Morgan fingerprint density at radius 3 is 2.82 bits per heavy atom. The number of methoxy groups -OCH3 is 1. The minimum Gasteiger partial charge on any atom is -0.494 e. The van der Waals surface area contributed by atoms with Crippen molar-refractivity contribution in [3.8, 4) is 11.8 Å². The van der Waals surface area contributed by atoms with Crippen LogP contribution in [-0.2, 0) is 4.79 Å². The molecule has 17 heavy (non-hydrogen) atoms. The molecule has 0 saturated heterocycles.